The molecule has 12 heteroatoms. The summed E-state index contributed by atoms with van der Waals surface area (Å²) in [5, 5.41) is 50.1. The van der Waals surface area contributed by atoms with E-state index in [1.54, 1.807) is 48.5 Å². The van der Waals surface area contributed by atoms with Crippen molar-refractivity contribution >= 4 is 23.3 Å². The lowest BCUT2D eigenvalue weighted by molar-refractivity contribution is -0.134. The standard InChI is InChI=1S/2C11H12N2O4/c2*1-7(14)10(11(15)16)13-12-8-5-3-4-6-9(8)17-2/h2*3-6,14H,1-2H3,(H,15,16)/b2*10-7+,13-12?. The van der Waals surface area contributed by atoms with Gasteiger partial charge in [-0.15, -0.1) is 20.5 Å². The van der Waals surface area contributed by atoms with E-state index in [9.17, 15) is 9.59 Å². The maximum absolute atomic E-state index is 10.7. The summed E-state index contributed by atoms with van der Waals surface area (Å²) in [6.45, 7) is 2.45. The summed E-state index contributed by atoms with van der Waals surface area (Å²) < 4.78 is 10.0. The third-order valence-corrected chi connectivity index (χ3v) is 3.78. The van der Waals surface area contributed by atoms with Gasteiger partial charge >= 0.3 is 11.9 Å². The number of azo groups is 2. The molecule has 0 aliphatic heterocycles. The van der Waals surface area contributed by atoms with Gasteiger partial charge in [0.15, 0.2) is 0 Å². The van der Waals surface area contributed by atoms with Crippen LogP contribution in [-0.4, -0.2) is 46.6 Å². The molecule has 0 aromatic heterocycles. The first-order valence-corrected chi connectivity index (χ1v) is 9.48. The Kier molecular flexibility index (Phi) is 10.9. The lowest BCUT2D eigenvalue weighted by Crippen LogP contribution is -2.00. The van der Waals surface area contributed by atoms with Crippen LogP contribution in [-0.2, 0) is 9.59 Å². The Bertz CT molecular complexity index is 1040. The van der Waals surface area contributed by atoms with Gasteiger partial charge < -0.3 is 29.9 Å². The molecular weight excluding hydrogens is 448 g/mol. The molecular formula is C22H24N4O8. The molecule has 0 bridgehead atoms. The molecule has 180 valence electrons. The molecule has 0 heterocycles. The van der Waals surface area contributed by atoms with Gasteiger partial charge in [0.05, 0.1) is 14.2 Å². The predicted octanol–water partition coefficient (Wildman–Crippen LogP) is 5.31. The molecule has 0 saturated heterocycles. The number of carbonyl (C=O) groups is 2. The van der Waals surface area contributed by atoms with Gasteiger partial charge in [-0.25, -0.2) is 9.59 Å². The highest BCUT2D eigenvalue weighted by atomic mass is 16.5. The van der Waals surface area contributed by atoms with Crippen molar-refractivity contribution in [1.82, 2.24) is 0 Å². The molecule has 0 unspecified atom stereocenters. The topological polar surface area (TPSA) is 183 Å². The first kappa shape index (κ1) is 27.3. The second-order valence-corrected chi connectivity index (χ2v) is 6.22. The number of methoxy groups -OCH3 is 2. The minimum atomic E-state index is -1.34. The number of carboxylic acids is 2. The monoisotopic (exact) mass is 472 g/mol. The van der Waals surface area contributed by atoms with Gasteiger partial charge in [0.2, 0.25) is 11.4 Å². The van der Waals surface area contributed by atoms with E-state index >= 15 is 0 Å². The molecule has 0 aliphatic carbocycles. The lowest BCUT2D eigenvalue weighted by Gasteiger charge is -2.02. The van der Waals surface area contributed by atoms with Gasteiger partial charge in [-0.05, 0) is 38.1 Å². The molecule has 0 amide bonds. The summed E-state index contributed by atoms with van der Waals surface area (Å²) in [6.07, 6.45) is 0. The van der Waals surface area contributed by atoms with E-state index in [-0.39, 0.29) is 0 Å². The van der Waals surface area contributed by atoms with Crippen LogP contribution in [0.2, 0.25) is 0 Å². The van der Waals surface area contributed by atoms with Gasteiger partial charge in [0.1, 0.15) is 34.4 Å². The summed E-state index contributed by atoms with van der Waals surface area (Å²) in [5.41, 5.74) is -0.239. The van der Waals surface area contributed by atoms with Crippen LogP contribution in [0.3, 0.4) is 0 Å². The Balaban J connectivity index is 0.000000340. The minimum absolute atomic E-state index is 0.384. The van der Waals surface area contributed by atoms with E-state index in [0.29, 0.717) is 22.9 Å². The van der Waals surface area contributed by atoms with Crippen molar-refractivity contribution in [3.63, 3.8) is 0 Å². The van der Waals surface area contributed by atoms with Gasteiger partial charge in [0.25, 0.3) is 0 Å². The number of carboxylic acid groups (broad SMARTS) is 2. The number of allylic oxidation sites excluding steroid dienone is 2. The number of aliphatic carboxylic acids is 2. The Morgan fingerprint density at radius 2 is 0.971 bits per heavy atom. The normalized spacial score (nSPS) is 12.4. The maximum Gasteiger partial charge on any atom is 0.359 e. The molecule has 2 rings (SSSR count). The predicted molar refractivity (Wildman–Crippen MR) is 121 cm³/mol. The minimum Gasteiger partial charge on any atom is -0.510 e. The van der Waals surface area contributed by atoms with Crippen molar-refractivity contribution in [3.8, 4) is 11.5 Å². The SMILES string of the molecule is COc1ccccc1N=N/C(C(=O)O)=C(\C)O.COc1ccccc1N=N/C(C(=O)O)=C(\C)O. The largest absolute Gasteiger partial charge is 0.510 e. The fourth-order valence-electron chi connectivity index (χ4n) is 2.17. The zero-order valence-corrected chi connectivity index (χ0v) is 18.8. The molecule has 0 saturated carbocycles. The smallest absolute Gasteiger partial charge is 0.359 e. The zero-order valence-electron chi connectivity index (χ0n) is 18.8. The molecule has 0 radical (unpaired) electrons. The molecule has 2 aromatic rings. The number of nitrogens with zero attached hydrogens (tertiary/aromatic N) is 4. The van der Waals surface area contributed by atoms with Gasteiger partial charge in [-0.3, -0.25) is 0 Å². The number of ether oxygens (including phenoxy) is 2. The average Bonchev–Trinajstić information content (AvgIpc) is 2.79. The number of benzene rings is 2. The van der Waals surface area contributed by atoms with Crippen LogP contribution >= 0.6 is 0 Å². The second-order valence-electron chi connectivity index (χ2n) is 6.22. The van der Waals surface area contributed by atoms with Crippen molar-refractivity contribution in [2.24, 2.45) is 20.5 Å². The van der Waals surface area contributed by atoms with Crippen molar-refractivity contribution < 1.29 is 39.5 Å². The summed E-state index contributed by atoms with van der Waals surface area (Å²) in [4.78, 5) is 21.4. The van der Waals surface area contributed by atoms with Crippen LogP contribution in [0.25, 0.3) is 0 Å². The van der Waals surface area contributed by atoms with Crippen LogP contribution in [0.1, 0.15) is 13.8 Å². The number of aliphatic hydroxyl groups excluding tert-OH is 2. The third-order valence-electron chi connectivity index (χ3n) is 3.78. The quantitative estimate of drug-likeness (QED) is 0.226. The van der Waals surface area contributed by atoms with Crippen molar-refractivity contribution in [2.75, 3.05) is 14.2 Å². The summed E-state index contributed by atoms with van der Waals surface area (Å²) >= 11 is 0. The molecule has 34 heavy (non-hydrogen) atoms. The number of para-hydroxylation sites is 2. The van der Waals surface area contributed by atoms with Crippen molar-refractivity contribution in [2.45, 2.75) is 13.8 Å². The number of hydrogen-bond donors (Lipinski definition) is 4. The molecule has 0 atom stereocenters. The van der Waals surface area contributed by atoms with Gasteiger partial charge in [-0.1, -0.05) is 24.3 Å². The van der Waals surface area contributed by atoms with Crippen molar-refractivity contribution in [1.29, 1.82) is 0 Å². The zero-order chi connectivity index (χ0) is 25.7. The van der Waals surface area contributed by atoms with E-state index in [4.69, 9.17) is 29.9 Å². The lowest BCUT2D eigenvalue weighted by atomic mass is 10.3. The summed E-state index contributed by atoms with van der Waals surface area (Å²) in [5.74, 6) is -2.56. The maximum atomic E-state index is 10.7. The third kappa shape index (κ3) is 8.42. The molecule has 4 N–H and O–H groups in total. The van der Waals surface area contributed by atoms with Crippen LogP contribution in [0.15, 0.2) is 91.9 Å². The van der Waals surface area contributed by atoms with Crippen molar-refractivity contribution in [3.05, 3.63) is 71.4 Å². The number of rotatable bonds is 8. The number of hydrogen-bond acceptors (Lipinski definition) is 10. The Labute approximate surface area is 194 Å². The summed E-state index contributed by atoms with van der Waals surface area (Å²) in [6, 6.07) is 13.5. The fourth-order valence-corrected chi connectivity index (χ4v) is 2.17. The molecule has 0 spiro atoms. The highest BCUT2D eigenvalue weighted by molar-refractivity contribution is 5.86. The van der Waals surface area contributed by atoms with Crippen LogP contribution in [0.4, 0.5) is 11.4 Å². The Hall–Kier alpha value is -4.74. The molecule has 2 aromatic carbocycles. The molecule has 12 nitrogen and oxygen atoms in total. The van der Waals surface area contributed by atoms with E-state index in [2.05, 4.69) is 20.5 Å². The Morgan fingerprint density at radius 1 is 0.647 bits per heavy atom. The van der Waals surface area contributed by atoms with Crippen LogP contribution in [0.5, 0.6) is 11.5 Å². The van der Waals surface area contributed by atoms with E-state index in [1.807, 2.05) is 0 Å². The highest BCUT2D eigenvalue weighted by Gasteiger charge is 2.11. The second kappa shape index (κ2) is 13.6. The number of aliphatic hydroxyl groups is 2. The van der Waals surface area contributed by atoms with E-state index in [0.717, 1.165) is 0 Å². The summed E-state index contributed by atoms with van der Waals surface area (Å²) in [7, 11) is 2.94. The Morgan fingerprint density at radius 3 is 1.24 bits per heavy atom. The van der Waals surface area contributed by atoms with Crippen LogP contribution in [0, 0.1) is 0 Å². The van der Waals surface area contributed by atoms with E-state index in [1.165, 1.54) is 28.1 Å². The van der Waals surface area contributed by atoms with Gasteiger partial charge in [-0.2, -0.15) is 0 Å². The first-order valence-electron chi connectivity index (χ1n) is 9.48. The van der Waals surface area contributed by atoms with E-state index < -0.39 is 34.9 Å². The van der Waals surface area contributed by atoms with Crippen LogP contribution < -0.4 is 9.47 Å². The fraction of sp³-hybridized carbons (Fsp3) is 0.182. The molecule has 0 aliphatic rings. The first-order chi connectivity index (χ1) is 16.1. The van der Waals surface area contributed by atoms with Gasteiger partial charge in [0, 0.05) is 0 Å². The highest BCUT2D eigenvalue weighted by Crippen LogP contribution is 2.28. The molecule has 0 fully saturated rings. The average molecular weight is 472 g/mol.